The Morgan fingerprint density at radius 3 is 2.48 bits per heavy atom. The largest absolute Gasteiger partial charge is 0.342 e. The molecule has 1 aliphatic heterocycles. The first kappa shape index (κ1) is 22.3. The van der Waals surface area contributed by atoms with Gasteiger partial charge in [0.15, 0.2) is 5.96 Å². The van der Waals surface area contributed by atoms with Gasteiger partial charge in [0, 0.05) is 12.2 Å². The van der Waals surface area contributed by atoms with Crippen LogP contribution in [0.2, 0.25) is 0 Å². The zero-order chi connectivity index (χ0) is 22.6. The van der Waals surface area contributed by atoms with Crippen molar-refractivity contribution in [3.63, 3.8) is 0 Å². The maximum Gasteiger partial charge on any atom is 0.319 e. The highest BCUT2D eigenvalue weighted by Gasteiger charge is 2.45. The van der Waals surface area contributed by atoms with Crippen molar-refractivity contribution in [1.82, 2.24) is 15.5 Å². The lowest BCUT2D eigenvalue weighted by molar-refractivity contribution is -0.131. The van der Waals surface area contributed by atoms with Gasteiger partial charge >= 0.3 is 6.03 Å². The summed E-state index contributed by atoms with van der Waals surface area (Å²) in [6.45, 7) is 8.72. The Kier molecular flexibility index (Phi) is 6.63. The number of rotatable bonds is 7. The van der Waals surface area contributed by atoms with Crippen molar-refractivity contribution in [1.29, 1.82) is 5.41 Å². The summed E-state index contributed by atoms with van der Waals surface area (Å²) in [5.41, 5.74) is 3.00. The monoisotopic (exact) mass is 421 g/mol. The lowest BCUT2D eigenvalue weighted by Crippen LogP contribution is -2.44. The van der Waals surface area contributed by atoms with Gasteiger partial charge in [-0.1, -0.05) is 50.2 Å². The van der Waals surface area contributed by atoms with Gasteiger partial charge in [-0.2, -0.15) is 0 Å². The first-order valence-electron chi connectivity index (χ1n) is 10.5. The normalized spacial score (nSPS) is 18.3. The van der Waals surface area contributed by atoms with E-state index >= 15 is 0 Å². The van der Waals surface area contributed by atoms with E-state index in [-0.39, 0.29) is 17.9 Å². The van der Waals surface area contributed by atoms with Gasteiger partial charge in [-0.25, -0.2) is 4.79 Å². The number of amides is 3. The van der Waals surface area contributed by atoms with Gasteiger partial charge in [0.2, 0.25) is 0 Å². The second-order valence-electron chi connectivity index (χ2n) is 8.79. The molecule has 164 valence electrons. The van der Waals surface area contributed by atoms with Crippen molar-refractivity contribution in [2.75, 3.05) is 5.32 Å². The number of hydrogen-bond donors (Lipinski definition) is 4. The standard InChI is InChI=1S/C24H31N5O2/c1-16(2)13-24(4)21(30)29(22(25)28-24)15-19-10-8-18(9-11-19)14-26-23(31)27-20-7-5-6-17(3)12-20/h5-12,16H,13-15H2,1-4H3,(H2,25,28)(H2,26,27,31). The van der Waals surface area contributed by atoms with Crippen molar-refractivity contribution < 1.29 is 9.59 Å². The van der Waals surface area contributed by atoms with E-state index in [2.05, 4.69) is 29.8 Å². The number of guanidine groups is 1. The lowest BCUT2D eigenvalue weighted by atomic mass is 9.91. The van der Waals surface area contributed by atoms with Crippen LogP contribution in [-0.4, -0.2) is 28.3 Å². The average Bonchev–Trinajstić information content (AvgIpc) is 2.89. The van der Waals surface area contributed by atoms with Crippen LogP contribution in [0.25, 0.3) is 0 Å². The van der Waals surface area contributed by atoms with Crippen LogP contribution >= 0.6 is 0 Å². The molecule has 4 N–H and O–H groups in total. The average molecular weight is 422 g/mol. The molecule has 1 aliphatic rings. The van der Waals surface area contributed by atoms with Gasteiger partial charge in [0.1, 0.15) is 5.54 Å². The van der Waals surface area contributed by atoms with E-state index in [1.54, 1.807) is 0 Å². The number of nitrogens with zero attached hydrogens (tertiary/aromatic N) is 1. The molecule has 7 heteroatoms. The zero-order valence-corrected chi connectivity index (χ0v) is 18.6. The number of carbonyl (C=O) groups is 2. The number of nitrogens with one attached hydrogen (secondary N) is 4. The van der Waals surface area contributed by atoms with Crippen molar-refractivity contribution in [2.24, 2.45) is 5.92 Å². The van der Waals surface area contributed by atoms with Crippen LogP contribution in [0.4, 0.5) is 10.5 Å². The molecule has 0 radical (unpaired) electrons. The summed E-state index contributed by atoms with van der Waals surface area (Å²) in [5.74, 6) is 0.431. The molecule has 0 spiro atoms. The molecule has 2 aromatic rings. The molecule has 31 heavy (non-hydrogen) atoms. The van der Waals surface area contributed by atoms with E-state index in [0.717, 1.165) is 22.4 Å². The zero-order valence-electron chi connectivity index (χ0n) is 18.6. The summed E-state index contributed by atoms with van der Waals surface area (Å²) < 4.78 is 0. The van der Waals surface area contributed by atoms with Crippen LogP contribution in [0.1, 0.15) is 43.9 Å². The first-order chi connectivity index (χ1) is 14.7. The highest BCUT2D eigenvalue weighted by atomic mass is 16.2. The molecule has 0 saturated carbocycles. The van der Waals surface area contributed by atoms with E-state index < -0.39 is 5.54 Å². The lowest BCUT2D eigenvalue weighted by Gasteiger charge is -2.24. The summed E-state index contributed by atoms with van der Waals surface area (Å²) in [6, 6.07) is 15.1. The van der Waals surface area contributed by atoms with Gasteiger partial charge < -0.3 is 16.0 Å². The molecule has 7 nitrogen and oxygen atoms in total. The maximum atomic E-state index is 12.9. The van der Waals surface area contributed by atoms with Crippen molar-refractivity contribution in [2.45, 2.75) is 52.7 Å². The molecule has 1 unspecified atom stereocenters. The number of urea groups is 1. The Morgan fingerprint density at radius 1 is 1.16 bits per heavy atom. The summed E-state index contributed by atoms with van der Waals surface area (Å²) >= 11 is 0. The minimum Gasteiger partial charge on any atom is -0.342 e. The highest BCUT2D eigenvalue weighted by Crippen LogP contribution is 2.26. The third-order valence-electron chi connectivity index (χ3n) is 5.29. The topological polar surface area (TPSA) is 97.3 Å². The fraction of sp³-hybridized carbons (Fsp3) is 0.375. The van der Waals surface area contributed by atoms with Gasteiger partial charge in [-0.05, 0) is 55.0 Å². The molecular weight excluding hydrogens is 390 g/mol. The van der Waals surface area contributed by atoms with E-state index in [4.69, 9.17) is 5.41 Å². The SMILES string of the molecule is Cc1cccc(NC(=O)NCc2ccc(CN3C(=N)NC(C)(CC(C)C)C3=O)cc2)c1. The fourth-order valence-corrected chi connectivity index (χ4v) is 3.91. The quantitative estimate of drug-likeness (QED) is 0.544. The van der Waals surface area contributed by atoms with Gasteiger partial charge in [-0.15, -0.1) is 0 Å². The summed E-state index contributed by atoms with van der Waals surface area (Å²) in [5, 5.41) is 16.9. The molecule has 3 rings (SSSR count). The number of anilines is 1. The van der Waals surface area contributed by atoms with Crippen LogP contribution in [0.15, 0.2) is 48.5 Å². The summed E-state index contributed by atoms with van der Waals surface area (Å²) in [4.78, 5) is 26.5. The van der Waals surface area contributed by atoms with Gasteiger partial charge in [0.25, 0.3) is 5.91 Å². The Morgan fingerprint density at radius 2 is 1.84 bits per heavy atom. The van der Waals surface area contributed by atoms with Crippen molar-refractivity contribution in [3.05, 3.63) is 65.2 Å². The van der Waals surface area contributed by atoms with Gasteiger partial charge in [-0.3, -0.25) is 15.1 Å². The number of benzene rings is 2. The van der Waals surface area contributed by atoms with Gasteiger partial charge in [0.05, 0.1) is 6.54 Å². The second-order valence-corrected chi connectivity index (χ2v) is 8.79. The Labute approximate surface area is 183 Å². The maximum absolute atomic E-state index is 12.9. The fourth-order valence-electron chi connectivity index (χ4n) is 3.91. The third kappa shape index (κ3) is 5.63. The molecule has 3 amide bonds. The minimum absolute atomic E-state index is 0.0650. The molecule has 0 aromatic heterocycles. The van der Waals surface area contributed by atoms with Crippen LogP contribution in [0.5, 0.6) is 0 Å². The summed E-state index contributed by atoms with van der Waals surface area (Å²) in [7, 11) is 0. The Balaban J connectivity index is 1.54. The van der Waals surface area contributed by atoms with E-state index in [9.17, 15) is 9.59 Å². The van der Waals surface area contributed by atoms with Crippen molar-refractivity contribution in [3.8, 4) is 0 Å². The smallest absolute Gasteiger partial charge is 0.319 e. The second kappa shape index (κ2) is 9.20. The third-order valence-corrected chi connectivity index (χ3v) is 5.29. The molecule has 1 atom stereocenters. The molecular formula is C24H31N5O2. The van der Waals surface area contributed by atoms with E-state index in [0.29, 0.717) is 25.4 Å². The van der Waals surface area contributed by atoms with Crippen LogP contribution in [-0.2, 0) is 17.9 Å². The first-order valence-corrected chi connectivity index (χ1v) is 10.5. The van der Waals surface area contributed by atoms with E-state index in [1.807, 2.05) is 62.4 Å². The highest BCUT2D eigenvalue weighted by molar-refractivity contribution is 6.07. The number of aryl methyl sites for hydroxylation is 1. The molecule has 1 heterocycles. The van der Waals surface area contributed by atoms with E-state index in [1.165, 1.54) is 4.90 Å². The van der Waals surface area contributed by atoms with Crippen LogP contribution in [0, 0.1) is 18.3 Å². The molecule has 1 saturated heterocycles. The molecule has 0 aliphatic carbocycles. The molecule has 1 fully saturated rings. The van der Waals surface area contributed by atoms with Crippen molar-refractivity contribution >= 4 is 23.6 Å². The molecule has 0 bridgehead atoms. The Hall–Kier alpha value is -3.35. The molecule has 2 aromatic carbocycles. The predicted octanol–water partition coefficient (Wildman–Crippen LogP) is 3.99. The Bertz CT molecular complexity index is 970. The predicted molar refractivity (Wildman–Crippen MR) is 123 cm³/mol. The van der Waals surface area contributed by atoms with Crippen LogP contribution < -0.4 is 16.0 Å². The number of hydrogen-bond acceptors (Lipinski definition) is 3. The number of carbonyl (C=O) groups excluding carboxylic acids is 2. The van der Waals surface area contributed by atoms with Crippen LogP contribution in [0.3, 0.4) is 0 Å². The summed E-state index contributed by atoms with van der Waals surface area (Å²) in [6.07, 6.45) is 0.680. The minimum atomic E-state index is -0.722.